The van der Waals surface area contributed by atoms with Crippen LogP contribution in [-0.2, 0) is 9.84 Å². The fourth-order valence-corrected chi connectivity index (χ4v) is 4.94. The van der Waals surface area contributed by atoms with Crippen LogP contribution in [0.15, 0.2) is 6.07 Å². The van der Waals surface area contributed by atoms with Gasteiger partial charge in [0.15, 0.2) is 9.84 Å². The molecule has 1 aromatic rings. The lowest BCUT2D eigenvalue weighted by Crippen LogP contribution is -2.35. The van der Waals surface area contributed by atoms with Gasteiger partial charge in [0.25, 0.3) is 0 Å². The fraction of sp³-hybridized carbons (Fsp3) is 0.733. The third-order valence-corrected chi connectivity index (χ3v) is 6.16. The quantitative estimate of drug-likeness (QED) is 0.910. The summed E-state index contributed by atoms with van der Waals surface area (Å²) in [7, 11) is -2.89. The molecule has 2 saturated heterocycles. The molecule has 0 radical (unpaired) electrons. The van der Waals surface area contributed by atoms with Gasteiger partial charge >= 0.3 is 0 Å². The molecule has 22 heavy (non-hydrogen) atoms. The van der Waals surface area contributed by atoms with Crippen molar-refractivity contribution in [3.8, 4) is 0 Å². The van der Waals surface area contributed by atoms with Crippen LogP contribution in [0, 0.1) is 12.8 Å². The highest BCUT2D eigenvalue weighted by molar-refractivity contribution is 7.91. The lowest BCUT2D eigenvalue weighted by Gasteiger charge is -2.32. The molecule has 0 aliphatic carbocycles. The number of nitrogens with zero attached hydrogens (tertiary/aromatic N) is 3. The van der Waals surface area contributed by atoms with E-state index in [0.717, 1.165) is 24.6 Å². The molecule has 122 valence electrons. The topological polar surface area (TPSA) is 75.2 Å². The lowest BCUT2D eigenvalue weighted by molar-refractivity contribution is 0.444. The third kappa shape index (κ3) is 3.69. The van der Waals surface area contributed by atoms with Crippen LogP contribution in [-0.4, -0.2) is 49.0 Å². The zero-order valence-corrected chi connectivity index (χ0v) is 14.1. The van der Waals surface area contributed by atoms with Crippen LogP contribution in [0.5, 0.6) is 0 Å². The second-order valence-corrected chi connectivity index (χ2v) is 8.86. The Bertz CT molecular complexity index is 647. The summed E-state index contributed by atoms with van der Waals surface area (Å²) >= 11 is 0. The molecule has 2 fully saturated rings. The summed E-state index contributed by atoms with van der Waals surface area (Å²) in [5.74, 6) is 2.62. The molecular weight excluding hydrogens is 300 g/mol. The van der Waals surface area contributed by atoms with E-state index in [4.69, 9.17) is 0 Å². The second kappa shape index (κ2) is 6.02. The summed E-state index contributed by atoms with van der Waals surface area (Å²) in [6, 6.07) is 1.94. The Kier molecular flexibility index (Phi) is 4.25. The maximum absolute atomic E-state index is 11.6. The van der Waals surface area contributed by atoms with Gasteiger partial charge in [-0.3, -0.25) is 0 Å². The Hall–Kier alpha value is -1.37. The van der Waals surface area contributed by atoms with Gasteiger partial charge in [0.2, 0.25) is 5.95 Å². The van der Waals surface area contributed by atoms with Gasteiger partial charge in [-0.2, -0.15) is 4.98 Å². The first kappa shape index (κ1) is 15.5. The number of aryl methyl sites for hydroxylation is 1. The van der Waals surface area contributed by atoms with Crippen LogP contribution in [0.1, 0.15) is 31.9 Å². The molecule has 2 atom stereocenters. The van der Waals surface area contributed by atoms with E-state index < -0.39 is 9.84 Å². The van der Waals surface area contributed by atoms with Gasteiger partial charge in [0, 0.05) is 30.9 Å². The molecule has 0 saturated carbocycles. The van der Waals surface area contributed by atoms with Gasteiger partial charge in [-0.05, 0) is 32.1 Å². The number of nitrogens with one attached hydrogen (secondary N) is 1. The van der Waals surface area contributed by atoms with Gasteiger partial charge in [0.1, 0.15) is 5.82 Å². The molecule has 0 amide bonds. The lowest BCUT2D eigenvalue weighted by atomic mass is 10.0. The fourth-order valence-electron chi connectivity index (χ4n) is 3.27. The molecule has 1 N–H and O–H groups in total. The molecule has 0 bridgehead atoms. The molecule has 7 heteroatoms. The van der Waals surface area contributed by atoms with Crippen LogP contribution in [0.2, 0.25) is 0 Å². The molecule has 2 aliphatic rings. The van der Waals surface area contributed by atoms with Gasteiger partial charge in [-0.1, -0.05) is 6.92 Å². The Morgan fingerprint density at radius 3 is 2.82 bits per heavy atom. The normalized spacial score (nSPS) is 27.8. The first-order chi connectivity index (χ1) is 10.4. The third-order valence-electron chi connectivity index (χ3n) is 4.39. The largest absolute Gasteiger partial charge is 0.356 e. The number of rotatable bonds is 3. The minimum Gasteiger partial charge on any atom is -0.356 e. The number of anilines is 2. The molecule has 0 aromatic carbocycles. The van der Waals surface area contributed by atoms with E-state index in [2.05, 4.69) is 27.1 Å². The molecule has 2 unspecified atom stereocenters. The van der Waals surface area contributed by atoms with E-state index in [-0.39, 0.29) is 17.5 Å². The van der Waals surface area contributed by atoms with E-state index >= 15 is 0 Å². The van der Waals surface area contributed by atoms with E-state index in [9.17, 15) is 8.42 Å². The average molecular weight is 324 g/mol. The molecule has 1 aromatic heterocycles. The number of sulfone groups is 1. The number of hydrogen-bond donors (Lipinski definition) is 1. The zero-order valence-electron chi connectivity index (χ0n) is 13.2. The van der Waals surface area contributed by atoms with E-state index in [1.54, 1.807) is 0 Å². The van der Waals surface area contributed by atoms with Crippen LogP contribution in [0.25, 0.3) is 0 Å². The van der Waals surface area contributed by atoms with Crippen molar-refractivity contribution in [1.29, 1.82) is 0 Å². The van der Waals surface area contributed by atoms with Crippen molar-refractivity contribution >= 4 is 21.6 Å². The van der Waals surface area contributed by atoms with Gasteiger partial charge in [0.05, 0.1) is 11.5 Å². The van der Waals surface area contributed by atoms with Gasteiger partial charge < -0.3 is 10.2 Å². The molecule has 6 nitrogen and oxygen atoms in total. The molecule has 0 spiro atoms. The van der Waals surface area contributed by atoms with E-state index in [1.165, 1.54) is 12.8 Å². The molecule has 2 aliphatic heterocycles. The maximum atomic E-state index is 11.6. The highest BCUT2D eigenvalue weighted by Crippen LogP contribution is 2.23. The summed E-state index contributed by atoms with van der Waals surface area (Å²) in [5, 5.41) is 3.20. The first-order valence-corrected chi connectivity index (χ1v) is 9.81. The predicted octanol–water partition coefficient (Wildman–Crippen LogP) is 1.62. The monoisotopic (exact) mass is 324 g/mol. The van der Waals surface area contributed by atoms with Gasteiger partial charge in [-0.25, -0.2) is 13.4 Å². The van der Waals surface area contributed by atoms with Crippen molar-refractivity contribution in [1.82, 2.24) is 9.97 Å². The smallest absolute Gasteiger partial charge is 0.225 e. The van der Waals surface area contributed by atoms with Crippen molar-refractivity contribution in [3.05, 3.63) is 11.8 Å². The van der Waals surface area contributed by atoms with E-state index in [1.807, 2.05) is 13.0 Å². The van der Waals surface area contributed by atoms with Crippen LogP contribution in [0.4, 0.5) is 11.8 Å². The minimum atomic E-state index is -2.89. The van der Waals surface area contributed by atoms with Crippen LogP contribution in [0.3, 0.4) is 0 Å². The highest BCUT2D eigenvalue weighted by atomic mass is 32.2. The van der Waals surface area contributed by atoms with Crippen molar-refractivity contribution in [2.75, 3.05) is 34.8 Å². The van der Waals surface area contributed by atoms with Crippen LogP contribution >= 0.6 is 0 Å². The van der Waals surface area contributed by atoms with Crippen LogP contribution < -0.4 is 10.2 Å². The van der Waals surface area contributed by atoms with Crippen molar-refractivity contribution in [2.45, 2.75) is 39.2 Å². The summed E-state index contributed by atoms with van der Waals surface area (Å²) in [4.78, 5) is 11.3. The van der Waals surface area contributed by atoms with Crippen molar-refractivity contribution in [3.63, 3.8) is 0 Å². The Morgan fingerprint density at radius 2 is 2.14 bits per heavy atom. The number of hydrogen-bond acceptors (Lipinski definition) is 6. The molecule has 3 rings (SSSR count). The van der Waals surface area contributed by atoms with E-state index in [0.29, 0.717) is 18.3 Å². The number of piperidine rings is 1. The summed E-state index contributed by atoms with van der Waals surface area (Å²) in [5.41, 5.74) is 0.909. The maximum Gasteiger partial charge on any atom is 0.225 e. The first-order valence-electron chi connectivity index (χ1n) is 7.99. The Morgan fingerprint density at radius 1 is 1.32 bits per heavy atom. The zero-order chi connectivity index (χ0) is 15.7. The van der Waals surface area contributed by atoms with Crippen molar-refractivity contribution < 1.29 is 8.42 Å². The molecule has 3 heterocycles. The molecular formula is C15H24N4O2S. The summed E-state index contributed by atoms with van der Waals surface area (Å²) in [6.07, 6.45) is 3.09. The average Bonchev–Trinajstić information content (AvgIpc) is 2.77. The summed E-state index contributed by atoms with van der Waals surface area (Å²) in [6.45, 7) is 6.27. The standard InChI is InChI=1S/C15H24N4O2S/c1-11-4-3-6-19(9-11)14-8-12(2)16-15(18-14)17-13-5-7-22(20,21)10-13/h8,11,13H,3-7,9-10H2,1-2H3,(H,16,17,18). The SMILES string of the molecule is Cc1cc(N2CCCC(C)C2)nc(NC2CCS(=O)(=O)C2)n1. The van der Waals surface area contributed by atoms with Gasteiger partial charge in [-0.15, -0.1) is 0 Å². The van der Waals surface area contributed by atoms with Crippen molar-refractivity contribution in [2.24, 2.45) is 5.92 Å². The Labute approximate surface area is 132 Å². The predicted molar refractivity (Wildman–Crippen MR) is 88.1 cm³/mol. The Balaban J connectivity index is 1.75. The number of aromatic nitrogens is 2. The second-order valence-electron chi connectivity index (χ2n) is 6.63. The highest BCUT2D eigenvalue weighted by Gasteiger charge is 2.28. The summed E-state index contributed by atoms with van der Waals surface area (Å²) < 4.78 is 23.1. The minimum absolute atomic E-state index is 0.0695.